The smallest absolute Gasteiger partial charge is 0.267 e. The normalized spacial score (nSPS) is 10.9. The highest BCUT2D eigenvalue weighted by Crippen LogP contribution is 2.22. The van der Waals surface area contributed by atoms with E-state index in [1.165, 1.54) is 0 Å². The van der Waals surface area contributed by atoms with E-state index in [4.69, 9.17) is 0 Å². The second-order valence-electron chi connectivity index (χ2n) is 7.45. The fourth-order valence-electron chi connectivity index (χ4n) is 3.49. The highest BCUT2D eigenvalue weighted by Gasteiger charge is 2.15. The van der Waals surface area contributed by atoms with Crippen molar-refractivity contribution >= 4 is 11.6 Å². The number of nitrogens with one attached hydrogen (secondary N) is 1. The Hall–Kier alpha value is -3.84. The van der Waals surface area contributed by atoms with Gasteiger partial charge in [0.25, 0.3) is 5.91 Å². The van der Waals surface area contributed by atoms with Gasteiger partial charge in [0.15, 0.2) is 0 Å². The maximum Gasteiger partial charge on any atom is 0.267 e. The van der Waals surface area contributed by atoms with Crippen LogP contribution >= 0.6 is 0 Å². The summed E-state index contributed by atoms with van der Waals surface area (Å²) < 4.78 is 0. The molecule has 0 bridgehead atoms. The number of nitrogens with zero attached hydrogens (tertiary/aromatic N) is 2. The van der Waals surface area contributed by atoms with Crippen LogP contribution in [0.4, 0.5) is 5.69 Å². The van der Waals surface area contributed by atoms with Gasteiger partial charge in [-0.05, 0) is 35.6 Å². The van der Waals surface area contributed by atoms with Crippen LogP contribution in [0.15, 0.2) is 90.6 Å². The molecule has 3 rings (SSSR count). The molecule has 3 aromatic carbocycles. The average Bonchev–Trinajstić information content (AvgIpc) is 2.80. The van der Waals surface area contributed by atoms with Crippen molar-refractivity contribution in [3.8, 4) is 6.07 Å². The Labute approximate surface area is 184 Å². The van der Waals surface area contributed by atoms with Gasteiger partial charge in [0.2, 0.25) is 0 Å². The van der Waals surface area contributed by atoms with Crippen LogP contribution in [0.2, 0.25) is 0 Å². The third-order valence-electron chi connectivity index (χ3n) is 5.11. The van der Waals surface area contributed by atoms with E-state index in [0.29, 0.717) is 13.1 Å². The maximum atomic E-state index is 13.0. The van der Waals surface area contributed by atoms with Crippen molar-refractivity contribution in [2.75, 3.05) is 5.32 Å². The lowest BCUT2D eigenvalue weighted by Crippen LogP contribution is -2.21. The standard InChI is InChI=1S/C27H27N3O/c1-3-24-16-10-11-21(2)26(24)29-27(31)25(17-28)20-30(18-22-12-6-4-7-13-22)19-23-14-8-5-9-15-23/h4-16,20H,3,18-19H2,1-2H3,(H,29,31)/b25-20-. The minimum absolute atomic E-state index is 0.0807. The van der Waals surface area contributed by atoms with Gasteiger partial charge in [-0.1, -0.05) is 85.8 Å². The molecule has 3 aromatic rings. The Morgan fingerprint density at radius 3 is 2.03 bits per heavy atom. The van der Waals surface area contributed by atoms with Crippen LogP contribution in [0.25, 0.3) is 0 Å². The molecule has 0 aromatic heterocycles. The van der Waals surface area contributed by atoms with Crippen molar-refractivity contribution < 1.29 is 4.79 Å². The molecule has 1 amide bonds. The molecule has 156 valence electrons. The summed E-state index contributed by atoms with van der Waals surface area (Å²) in [7, 11) is 0. The van der Waals surface area contributed by atoms with E-state index in [1.807, 2.05) is 97.6 Å². The molecule has 0 spiro atoms. The summed E-state index contributed by atoms with van der Waals surface area (Å²) in [6.07, 6.45) is 2.47. The van der Waals surface area contributed by atoms with Crippen molar-refractivity contribution in [3.05, 3.63) is 113 Å². The first-order valence-corrected chi connectivity index (χ1v) is 10.4. The van der Waals surface area contributed by atoms with Gasteiger partial charge in [0, 0.05) is 25.0 Å². The van der Waals surface area contributed by atoms with E-state index in [-0.39, 0.29) is 5.57 Å². The number of benzene rings is 3. The molecule has 0 fully saturated rings. The Balaban J connectivity index is 1.87. The van der Waals surface area contributed by atoms with Gasteiger partial charge in [-0.2, -0.15) is 5.26 Å². The van der Waals surface area contributed by atoms with Gasteiger partial charge in [-0.25, -0.2) is 0 Å². The third kappa shape index (κ3) is 6.07. The van der Waals surface area contributed by atoms with E-state index >= 15 is 0 Å². The average molecular weight is 410 g/mol. The molecule has 1 N–H and O–H groups in total. The second-order valence-corrected chi connectivity index (χ2v) is 7.45. The number of nitriles is 1. The third-order valence-corrected chi connectivity index (χ3v) is 5.11. The molecule has 0 heterocycles. The van der Waals surface area contributed by atoms with Gasteiger partial charge in [-0.15, -0.1) is 0 Å². The first-order chi connectivity index (χ1) is 15.1. The lowest BCUT2D eigenvalue weighted by Gasteiger charge is -2.21. The molecule has 4 heteroatoms. The van der Waals surface area contributed by atoms with Crippen molar-refractivity contribution in [1.82, 2.24) is 4.90 Å². The summed E-state index contributed by atoms with van der Waals surface area (Å²) in [5, 5.41) is 12.7. The molecule has 0 unspecified atom stereocenters. The summed E-state index contributed by atoms with van der Waals surface area (Å²) in [4.78, 5) is 15.0. The van der Waals surface area contributed by atoms with Gasteiger partial charge in [0.05, 0.1) is 0 Å². The fraction of sp³-hybridized carbons (Fsp3) is 0.185. The molecule has 0 aliphatic carbocycles. The molecule has 0 atom stereocenters. The number of hydrogen-bond acceptors (Lipinski definition) is 3. The van der Waals surface area contributed by atoms with E-state index in [1.54, 1.807) is 6.20 Å². The highest BCUT2D eigenvalue weighted by molar-refractivity contribution is 6.07. The fourth-order valence-corrected chi connectivity index (χ4v) is 3.49. The molecular weight excluding hydrogens is 382 g/mol. The van der Waals surface area contributed by atoms with Crippen LogP contribution in [0, 0.1) is 18.3 Å². The maximum absolute atomic E-state index is 13.0. The minimum atomic E-state index is -0.391. The predicted molar refractivity (Wildman–Crippen MR) is 125 cm³/mol. The van der Waals surface area contributed by atoms with Crippen LogP contribution in [-0.4, -0.2) is 10.8 Å². The summed E-state index contributed by atoms with van der Waals surface area (Å²) in [5.41, 5.74) is 5.12. The molecule has 31 heavy (non-hydrogen) atoms. The number of hydrogen-bond donors (Lipinski definition) is 1. The molecule has 4 nitrogen and oxygen atoms in total. The summed E-state index contributed by atoms with van der Waals surface area (Å²) >= 11 is 0. The Bertz CT molecular complexity index is 1040. The Morgan fingerprint density at radius 2 is 1.52 bits per heavy atom. The Morgan fingerprint density at radius 1 is 0.935 bits per heavy atom. The zero-order valence-corrected chi connectivity index (χ0v) is 18.0. The van der Waals surface area contributed by atoms with Crippen LogP contribution in [0.5, 0.6) is 0 Å². The van der Waals surface area contributed by atoms with Gasteiger partial charge >= 0.3 is 0 Å². The van der Waals surface area contributed by atoms with Gasteiger partial charge in [-0.3, -0.25) is 4.79 Å². The van der Waals surface area contributed by atoms with Gasteiger partial charge in [0.1, 0.15) is 11.6 Å². The highest BCUT2D eigenvalue weighted by atomic mass is 16.1. The van der Waals surface area contributed by atoms with Crippen molar-refractivity contribution in [1.29, 1.82) is 5.26 Å². The number of para-hydroxylation sites is 1. The van der Waals surface area contributed by atoms with E-state index < -0.39 is 5.91 Å². The molecule has 0 saturated heterocycles. The topological polar surface area (TPSA) is 56.1 Å². The number of rotatable bonds is 8. The van der Waals surface area contributed by atoms with Crippen LogP contribution in [0.3, 0.4) is 0 Å². The largest absolute Gasteiger partial charge is 0.367 e. The molecule has 0 saturated carbocycles. The van der Waals surface area contributed by atoms with Crippen LogP contribution in [-0.2, 0) is 24.3 Å². The zero-order valence-electron chi connectivity index (χ0n) is 18.0. The SMILES string of the molecule is CCc1cccc(C)c1NC(=O)/C(C#N)=C\N(Cc1ccccc1)Cc1ccccc1. The molecule has 0 radical (unpaired) electrons. The van der Waals surface area contributed by atoms with E-state index in [2.05, 4.69) is 11.4 Å². The van der Waals surface area contributed by atoms with E-state index in [0.717, 1.165) is 34.4 Å². The first kappa shape index (κ1) is 21.9. The summed E-state index contributed by atoms with van der Waals surface area (Å²) in [6.45, 7) is 5.20. The number of amides is 1. The second kappa shape index (κ2) is 10.8. The number of carbonyl (C=O) groups is 1. The van der Waals surface area contributed by atoms with E-state index in [9.17, 15) is 10.1 Å². The quantitative estimate of drug-likeness (QED) is 0.389. The Kier molecular flexibility index (Phi) is 7.61. The summed E-state index contributed by atoms with van der Waals surface area (Å²) in [5.74, 6) is -0.391. The number of carbonyl (C=O) groups excluding carboxylic acids is 1. The lowest BCUT2D eigenvalue weighted by molar-refractivity contribution is -0.112. The predicted octanol–water partition coefficient (Wildman–Crippen LogP) is 5.61. The van der Waals surface area contributed by atoms with Crippen LogP contribution < -0.4 is 5.32 Å². The monoisotopic (exact) mass is 409 g/mol. The van der Waals surface area contributed by atoms with Crippen molar-refractivity contribution in [3.63, 3.8) is 0 Å². The first-order valence-electron chi connectivity index (χ1n) is 10.4. The molecule has 0 aliphatic heterocycles. The lowest BCUT2D eigenvalue weighted by atomic mass is 10.1. The molecular formula is C27H27N3O. The number of aryl methyl sites for hydroxylation is 2. The number of anilines is 1. The van der Waals surface area contributed by atoms with Gasteiger partial charge < -0.3 is 10.2 Å². The van der Waals surface area contributed by atoms with Crippen LogP contribution in [0.1, 0.15) is 29.2 Å². The molecule has 0 aliphatic rings. The van der Waals surface area contributed by atoms with Crippen molar-refractivity contribution in [2.24, 2.45) is 0 Å². The van der Waals surface area contributed by atoms with Crippen molar-refractivity contribution in [2.45, 2.75) is 33.4 Å². The minimum Gasteiger partial charge on any atom is -0.367 e. The zero-order chi connectivity index (χ0) is 22.1. The summed E-state index contributed by atoms with van der Waals surface area (Å²) in [6, 6.07) is 28.1.